The Morgan fingerprint density at radius 3 is 2.53 bits per heavy atom. The van der Waals surface area contributed by atoms with Crippen molar-refractivity contribution in [2.75, 3.05) is 39.3 Å². The number of piperazine rings is 1. The van der Waals surface area contributed by atoms with Crippen LogP contribution < -0.4 is 10.6 Å². The second-order valence-electron chi connectivity index (χ2n) is 3.89. The van der Waals surface area contributed by atoms with Gasteiger partial charge in [0, 0.05) is 26.2 Å². The molecule has 0 aromatic heterocycles. The van der Waals surface area contributed by atoms with Gasteiger partial charge in [0.15, 0.2) is 6.10 Å². The van der Waals surface area contributed by atoms with Crippen molar-refractivity contribution in [1.82, 2.24) is 15.5 Å². The highest BCUT2D eigenvalue weighted by molar-refractivity contribution is 5.78. The number of aliphatic hydroxyl groups excluding tert-OH is 1. The molecule has 1 saturated heterocycles. The van der Waals surface area contributed by atoms with Crippen LogP contribution in [0, 0.1) is 0 Å². The lowest BCUT2D eigenvalue weighted by Gasteiger charge is -2.26. The highest BCUT2D eigenvalue weighted by Gasteiger charge is 2.38. The van der Waals surface area contributed by atoms with Gasteiger partial charge in [0.25, 0.3) is 0 Å². The smallest absolute Gasteiger partial charge is 0.382 e. The first-order valence-electron chi connectivity index (χ1n) is 5.34. The molecular formula is C9H16F3N3O2. The van der Waals surface area contributed by atoms with Gasteiger partial charge in [-0.05, 0) is 0 Å². The molecule has 0 aliphatic carbocycles. The highest BCUT2D eigenvalue weighted by atomic mass is 19.4. The van der Waals surface area contributed by atoms with E-state index in [9.17, 15) is 18.0 Å². The molecule has 0 radical (unpaired) electrons. The zero-order valence-electron chi connectivity index (χ0n) is 9.26. The predicted molar refractivity (Wildman–Crippen MR) is 54.4 cm³/mol. The van der Waals surface area contributed by atoms with Crippen molar-refractivity contribution in [2.24, 2.45) is 0 Å². The number of amides is 1. The average molecular weight is 255 g/mol. The van der Waals surface area contributed by atoms with Gasteiger partial charge in [0.1, 0.15) is 0 Å². The van der Waals surface area contributed by atoms with Gasteiger partial charge in [-0.2, -0.15) is 13.2 Å². The van der Waals surface area contributed by atoms with Crippen LogP contribution in [0.1, 0.15) is 0 Å². The first-order chi connectivity index (χ1) is 7.89. The zero-order valence-corrected chi connectivity index (χ0v) is 9.26. The van der Waals surface area contributed by atoms with Crippen molar-refractivity contribution in [1.29, 1.82) is 0 Å². The summed E-state index contributed by atoms with van der Waals surface area (Å²) in [6.45, 7) is 2.17. The first-order valence-corrected chi connectivity index (χ1v) is 5.34. The molecule has 5 nitrogen and oxygen atoms in total. The molecule has 0 saturated carbocycles. The van der Waals surface area contributed by atoms with Gasteiger partial charge >= 0.3 is 6.18 Å². The minimum atomic E-state index is -4.69. The van der Waals surface area contributed by atoms with Gasteiger partial charge < -0.3 is 15.7 Å². The van der Waals surface area contributed by atoms with Crippen LogP contribution in [0.2, 0.25) is 0 Å². The summed E-state index contributed by atoms with van der Waals surface area (Å²) in [6.07, 6.45) is -7.20. The number of nitrogens with zero attached hydrogens (tertiary/aromatic N) is 1. The molecule has 0 spiro atoms. The van der Waals surface area contributed by atoms with Crippen molar-refractivity contribution >= 4 is 5.91 Å². The molecule has 1 rings (SSSR count). The molecule has 1 unspecified atom stereocenters. The standard InChI is InChI=1S/C9H16F3N3O2/c10-9(11,12)7(16)5-14-8(17)6-15-3-1-13-2-4-15/h7,13,16H,1-6H2,(H,14,17). The van der Waals surface area contributed by atoms with Crippen LogP contribution in [0.15, 0.2) is 0 Å². The predicted octanol–water partition coefficient (Wildman–Crippen LogP) is -1.07. The molecule has 17 heavy (non-hydrogen) atoms. The van der Waals surface area contributed by atoms with Crippen molar-refractivity contribution in [3.63, 3.8) is 0 Å². The van der Waals surface area contributed by atoms with Gasteiger partial charge in [-0.15, -0.1) is 0 Å². The SMILES string of the molecule is O=C(CN1CCNCC1)NCC(O)C(F)(F)F. The van der Waals surface area contributed by atoms with E-state index >= 15 is 0 Å². The maximum atomic E-state index is 11.9. The fourth-order valence-corrected chi connectivity index (χ4v) is 1.45. The molecule has 1 aliphatic rings. The van der Waals surface area contributed by atoms with E-state index in [1.54, 1.807) is 0 Å². The number of rotatable bonds is 4. The molecule has 8 heteroatoms. The average Bonchev–Trinajstić information content (AvgIpc) is 2.26. The van der Waals surface area contributed by atoms with Crippen molar-refractivity contribution in [3.8, 4) is 0 Å². The Labute approximate surface area is 97.0 Å². The van der Waals surface area contributed by atoms with Crippen LogP contribution in [-0.2, 0) is 4.79 Å². The van der Waals surface area contributed by atoms with Gasteiger partial charge in [-0.3, -0.25) is 9.69 Å². The number of alkyl halides is 3. The second kappa shape index (κ2) is 6.18. The molecule has 1 heterocycles. The van der Waals surface area contributed by atoms with Crippen LogP contribution in [-0.4, -0.2) is 67.5 Å². The Balaban J connectivity index is 2.20. The Morgan fingerprint density at radius 1 is 1.41 bits per heavy atom. The molecule has 0 aromatic rings. The molecule has 1 fully saturated rings. The van der Waals surface area contributed by atoms with Gasteiger partial charge in [0.05, 0.1) is 13.1 Å². The summed E-state index contributed by atoms with van der Waals surface area (Å²) < 4.78 is 35.8. The van der Waals surface area contributed by atoms with Crippen LogP contribution in [0.25, 0.3) is 0 Å². The Kier molecular flexibility index (Phi) is 5.16. The molecule has 100 valence electrons. The summed E-state index contributed by atoms with van der Waals surface area (Å²) in [5.41, 5.74) is 0. The Morgan fingerprint density at radius 2 is 2.00 bits per heavy atom. The maximum absolute atomic E-state index is 11.9. The third-order valence-corrected chi connectivity index (χ3v) is 2.45. The molecule has 1 atom stereocenters. The summed E-state index contributed by atoms with van der Waals surface area (Å²) in [5.74, 6) is -0.504. The number of nitrogens with one attached hydrogen (secondary N) is 2. The van der Waals surface area contributed by atoms with E-state index in [0.717, 1.165) is 13.1 Å². The van der Waals surface area contributed by atoms with E-state index in [4.69, 9.17) is 5.11 Å². The van der Waals surface area contributed by atoms with E-state index in [1.165, 1.54) is 0 Å². The van der Waals surface area contributed by atoms with E-state index in [0.29, 0.717) is 13.1 Å². The normalized spacial score (nSPS) is 20.0. The van der Waals surface area contributed by atoms with Gasteiger partial charge in [-0.25, -0.2) is 0 Å². The molecular weight excluding hydrogens is 239 g/mol. The lowest BCUT2D eigenvalue weighted by Crippen LogP contribution is -2.49. The Hall–Kier alpha value is -0.860. The quantitative estimate of drug-likeness (QED) is 0.598. The molecule has 1 amide bonds. The molecule has 0 aromatic carbocycles. The number of carbonyl (C=O) groups excluding carboxylic acids is 1. The summed E-state index contributed by atoms with van der Waals surface area (Å²) in [6, 6.07) is 0. The number of hydrogen-bond donors (Lipinski definition) is 3. The monoisotopic (exact) mass is 255 g/mol. The molecule has 3 N–H and O–H groups in total. The number of halogens is 3. The van der Waals surface area contributed by atoms with Crippen LogP contribution in [0.4, 0.5) is 13.2 Å². The van der Waals surface area contributed by atoms with Crippen LogP contribution >= 0.6 is 0 Å². The third-order valence-electron chi connectivity index (χ3n) is 2.45. The Bertz CT molecular complexity index is 254. The summed E-state index contributed by atoms with van der Waals surface area (Å²) in [7, 11) is 0. The van der Waals surface area contributed by atoms with Crippen LogP contribution in [0.3, 0.4) is 0 Å². The lowest BCUT2D eigenvalue weighted by atomic mass is 10.3. The lowest BCUT2D eigenvalue weighted by molar-refractivity contribution is -0.201. The molecule has 1 aliphatic heterocycles. The third kappa shape index (κ3) is 5.33. The van der Waals surface area contributed by atoms with Crippen molar-refractivity contribution in [3.05, 3.63) is 0 Å². The summed E-state index contributed by atoms with van der Waals surface area (Å²) >= 11 is 0. The van der Waals surface area contributed by atoms with Gasteiger partial charge in [-0.1, -0.05) is 0 Å². The van der Waals surface area contributed by atoms with Crippen LogP contribution in [0.5, 0.6) is 0 Å². The zero-order chi connectivity index (χ0) is 12.9. The minimum absolute atomic E-state index is 0.0618. The fraction of sp³-hybridized carbons (Fsp3) is 0.889. The van der Waals surface area contributed by atoms with E-state index < -0.39 is 24.7 Å². The fourth-order valence-electron chi connectivity index (χ4n) is 1.45. The van der Waals surface area contributed by atoms with Crippen molar-refractivity contribution < 1.29 is 23.1 Å². The first kappa shape index (κ1) is 14.2. The number of hydrogen-bond acceptors (Lipinski definition) is 4. The van der Waals surface area contributed by atoms with Crippen molar-refractivity contribution in [2.45, 2.75) is 12.3 Å². The number of carbonyl (C=O) groups is 1. The van der Waals surface area contributed by atoms with E-state index in [2.05, 4.69) is 10.6 Å². The van der Waals surface area contributed by atoms with E-state index in [-0.39, 0.29) is 6.54 Å². The largest absolute Gasteiger partial charge is 0.416 e. The summed E-state index contributed by atoms with van der Waals surface area (Å²) in [4.78, 5) is 13.1. The minimum Gasteiger partial charge on any atom is -0.382 e. The topological polar surface area (TPSA) is 64.6 Å². The highest BCUT2D eigenvalue weighted by Crippen LogP contribution is 2.19. The number of aliphatic hydroxyl groups is 1. The summed E-state index contributed by atoms with van der Waals surface area (Å²) in [5, 5.41) is 13.8. The second-order valence-corrected chi connectivity index (χ2v) is 3.89. The maximum Gasteiger partial charge on any atom is 0.416 e. The van der Waals surface area contributed by atoms with Gasteiger partial charge in [0.2, 0.25) is 5.91 Å². The van der Waals surface area contributed by atoms with E-state index in [1.807, 2.05) is 4.90 Å². The molecule has 0 bridgehead atoms.